The maximum atomic E-state index is 12.1. The lowest BCUT2D eigenvalue weighted by Gasteiger charge is -2.37. The Bertz CT molecular complexity index is 1620. The van der Waals surface area contributed by atoms with Gasteiger partial charge in [-0.3, -0.25) is 9.36 Å². The number of methoxy groups -OCH3 is 2. The normalized spacial score (nSPS) is 19.0. The minimum absolute atomic E-state index is 0.0747. The molecule has 3 aromatic carbocycles. The molecule has 0 aliphatic carbocycles. The van der Waals surface area contributed by atoms with E-state index >= 15 is 0 Å². The summed E-state index contributed by atoms with van der Waals surface area (Å²) in [5.74, 6) is 1.45. The van der Waals surface area contributed by atoms with Crippen LogP contribution in [-0.2, 0) is 15.1 Å². The first-order chi connectivity index (χ1) is 20.0. The van der Waals surface area contributed by atoms with Crippen molar-refractivity contribution in [2.24, 2.45) is 0 Å². The lowest BCUT2D eigenvalue weighted by molar-refractivity contribution is -0.0931. The Labute approximate surface area is 236 Å². The minimum atomic E-state index is -1.04. The molecule has 3 atom stereocenters. The van der Waals surface area contributed by atoms with E-state index in [-0.39, 0.29) is 24.1 Å². The third kappa shape index (κ3) is 4.86. The van der Waals surface area contributed by atoms with Gasteiger partial charge in [-0.25, -0.2) is 9.97 Å². The molecule has 10 nitrogen and oxygen atoms in total. The highest BCUT2D eigenvalue weighted by atomic mass is 16.6. The van der Waals surface area contributed by atoms with E-state index in [1.807, 2.05) is 78.9 Å². The van der Waals surface area contributed by atoms with Crippen LogP contribution in [0.15, 0.2) is 96.3 Å². The van der Waals surface area contributed by atoms with Crippen molar-refractivity contribution in [3.63, 3.8) is 0 Å². The molecule has 0 unspecified atom stereocenters. The second kappa shape index (κ2) is 11.2. The van der Waals surface area contributed by atoms with Gasteiger partial charge in [-0.2, -0.15) is 0 Å². The summed E-state index contributed by atoms with van der Waals surface area (Å²) in [5.41, 5.74) is 1.89. The summed E-state index contributed by atoms with van der Waals surface area (Å²) in [6, 6.07) is 25.4. The standard InChI is InChI=1S/C31H30N4O6/c1-38-23-12-8-21(9-13-23)31(20-6-4-3-5-7-20,22-10-14-24(39-2)15-11-22)40-17-26-25(36)16-27(41-26)35-19-34-28-29(35)32-18-33-30(28)37/h3-15,18-19,25-27,36H,16-17H2,1-2H3,(H,32,33,37)/t25-,26+,27+/m0/s1. The number of hydrogen-bond donors (Lipinski definition) is 2. The molecule has 1 fully saturated rings. The second-order valence-electron chi connectivity index (χ2n) is 9.80. The van der Waals surface area contributed by atoms with Crippen LogP contribution in [0.1, 0.15) is 29.3 Å². The van der Waals surface area contributed by atoms with Gasteiger partial charge in [-0.1, -0.05) is 54.6 Å². The Hall–Kier alpha value is -4.51. The summed E-state index contributed by atoms with van der Waals surface area (Å²) in [7, 11) is 3.26. The van der Waals surface area contributed by atoms with Gasteiger partial charge in [0.05, 0.1) is 39.6 Å². The first kappa shape index (κ1) is 26.7. The van der Waals surface area contributed by atoms with Crippen LogP contribution in [0.25, 0.3) is 11.2 Å². The van der Waals surface area contributed by atoms with Gasteiger partial charge < -0.3 is 29.0 Å². The van der Waals surface area contributed by atoms with E-state index in [0.717, 1.165) is 28.2 Å². The number of aromatic nitrogens is 4. The second-order valence-corrected chi connectivity index (χ2v) is 9.80. The predicted octanol–water partition coefficient (Wildman–Crippen LogP) is 3.79. The largest absolute Gasteiger partial charge is 0.497 e. The lowest BCUT2D eigenvalue weighted by Crippen LogP contribution is -2.38. The summed E-state index contributed by atoms with van der Waals surface area (Å²) in [4.78, 5) is 23.1. The van der Waals surface area contributed by atoms with Crippen molar-refractivity contribution in [3.8, 4) is 11.5 Å². The zero-order chi connectivity index (χ0) is 28.4. The number of benzene rings is 3. The predicted molar refractivity (Wildman–Crippen MR) is 151 cm³/mol. The summed E-state index contributed by atoms with van der Waals surface area (Å²) in [6.45, 7) is 0.0747. The molecule has 1 aliphatic heterocycles. The molecule has 0 radical (unpaired) electrons. The molecule has 0 saturated carbocycles. The number of nitrogens with zero attached hydrogens (tertiary/aromatic N) is 3. The van der Waals surface area contributed by atoms with E-state index in [4.69, 9.17) is 18.9 Å². The number of hydrogen-bond acceptors (Lipinski definition) is 8. The maximum absolute atomic E-state index is 12.1. The smallest absolute Gasteiger partial charge is 0.278 e. The van der Waals surface area contributed by atoms with Crippen molar-refractivity contribution < 1.29 is 24.1 Å². The van der Waals surface area contributed by atoms with E-state index in [0.29, 0.717) is 5.65 Å². The van der Waals surface area contributed by atoms with Gasteiger partial charge in [0.25, 0.3) is 5.56 Å². The maximum Gasteiger partial charge on any atom is 0.278 e. The lowest BCUT2D eigenvalue weighted by atomic mass is 9.80. The zero-order valence-electron chi connectivity index (χ0n) is 22.6. The fourth-order valence-electron chi connectivity index (χ4n) is 5.39. The Morgan fingerprint density at radius 3 is 2.15 bits per heavy atom. The first-order valence-electron chi connectivity index (χ1n) is 13.3. The number of ether oxygens (including phenoxy) is 4. The van der Waals surface area contributed by atoms with Crippen molar-refractivity contribution in [3.05, 3.63) is 119 Å². The number of imidazole rings is 1. The van der Waals surface area contributed by atoms with E-state index in [1.54, 1.807) is 18.8 Å². The number of aliphatic hydroxyl groups is 1. The number of aromatic amines is 1. The molecule has 5 aromatic rings. The van der Waals surface area contributed by atoms with Crippen molar-refractivity contribution in [1.29, 1.82) is 0 Å². The topological polar surface area (TPSA) is 121 Å². The average molecular weight is 555 g/mol. The van der Waals surface area contributed by atoms with E-state index in [9.17, 15) is 9.90 Å². The van der Waals surface area contributed by atoms with E-state index in [2.05, 4.69) is 15.0 Å². The fourth-order valence-corrected chi connectivity index (χ4v) is 5.39. The molecule has 1 aliphatic rings. The van der Waals surface area contributed by atoms with Gasteiger partial charge in [-0.05, 0) is 41.0 Å². The molecule has 10 heteroatoms. The average Bonchev–Trinajstić information content (AvgIpc) is 3.62. The number of nitrogens with one attached hydrogen (secondary N) is 1. The molecular formula is C31H30N4O6. The van der Waals surface area contributed by atoms with Gasteiger partial charge in [0.15, 0.2) is 11.2 Å². The molecule has 2 N–H and O–H groups in total. The molecule has 0 amide bonds. The van der Waals surface area contributed by atoms with Crippen molar-refractivity contribution >= 4 is 11.2 Å². The highest BCUT2D eigenvalue weighted by Gasteiger charge is 2.42. The zero-order valence-corrected chi connectivity index (χ0v) is 22.6. The SMILES string of the molecule is COc1ccc(C(OC[C@H]2O[C@@H](n3cnc4c(=O)[nH]cnc43)C[C@@H]2O)(c2ccccc2)c2ccc(OC)cc2)cc1. The van der Waals surface area contributed by atoms with Crippen LogP contribution in [0.4, 0.5) is 0 Å². The van der Waals surface area contributed by atoms with Crippen LogP contribution in [-0.4, -0.2) is 57.7 Å². The third-order valence-electron chi connectivity index (χ3n) is 7.52. The molecule has 210 valence electrons. The van der Waals surface area contributed by atoms with Crippen LogP contribution in [0.2, 0.25) is 0 Å². The van der Waals surface area contributed by atoms with Crippen LogP contribution in [0, 0.1) is 0 Å². The highest BCUT2D eigenvalue weighted by Crippen LogP contribution is 2.42. The van der Waals surface area contributed by atoms with Gasteiger partial charge in [0.1, 0.15) is 29.4 Å². The molecule has 2 aromatic heterocycles. The van der Waals surface area contributed by atoms with Crippen LogP contribution < -0.4 is 15.0 Å². The van der Waals surface area contributed by atoms with E-state index in [1.165, 1.54) is 12.7 Å². The highest BCUT2D eigenvalue weighted by molar-refractivity contribution is 5.68. The molecule has 0 spiro atoms. The number of H-pyrrole nitrogens is 1. The molecular weight excluding hydrogens is 524 g/mol. The fraction of sp³-hybridized carbons (Fsp3) is 0.258. The number of fused-ring (bicyclic) bond motifs is 1. The number of rotatable bonds is 9. The van der Waals surface area contributed by atoms with Crippen LogP contribution in [0.5, 0.6) is 11.5 Å². The number of aliphatic hydroxyl groups excluding tert-OH is 1. The Morgan fingerprint density at radius 2 is 1.54 bits per heavy atom. The summed E-state index contributed by atoms with van der Waals surface area (Å²) in [5, 5.41) is 11.1. The monoisotopic (exact) mass is 554 g/mol. The van der Waals surface area contributed by atoms with Crippen molar-refractivity contribution in [2.75, 3.05) is 20.8 Å². The Kier molecular flexibility index (Phi) is 7.27. The Morgan fingerprint density at radius 1 is 0.927 bits per heavy atom. The third-order valence-corrected chi connectivity index (χ3v) is 7.52. The van der Waals surface area contributed by atoms with Gasteiger partial charge in [-0.15, -0.1) is 0 Å². The molecule has 41 heavy (non-hydrogen) atoms. The van der Waals surface area contributed by atoms with Gasteiger partial charge in [0.2, 0.25) is 0 Å². The van der Waals surface area contributed by atoms with Gasteiger partial charge in [0, 0.05) is 6.42 Å². The molecule has 1 saturated heterocycles. The van der Waals surface area contributed by atoms with Crippen molar-refractivity contribution in [2.45, 2.75) is 30.5 Å². The van der Waals surface area contributed by atoms with Crippen LogP contribution in [0.3, 0.4) is 0 Å². The molecule has 0 bridgehead atoms. The van der Waals surface area contributed by atoms with Crippen LogP contribution >= 0.6 is 0 Å². The summed E-state index contributed by atoms with van der Waals surface area (Å²) >= 11 is 0. The molecule has 6 rings (SSSR count). The van der Waals surface area contributed by atoms with E-state index < -0.39 is 24.0 Å². The molecule has 3 heterocycles. The minimum Gasteiger partial charge on any atom is -0.497 e. The van der Waals surface area contributed by atoms with Crippen molar-refractivity contribution in [1.82, 2.24) is 19.5 Å². The Balaban J connectivity index is 1.37. The first-order valence-corrected chi connectivity index (χ1v) is 13.3. The van der Waals surface area contributed by atoms with Gasteiger partial charge >= 0.3 is 0 Å². The quantitative estimate of drug-likeness (QED) is 0.264. The summed E-state index contributed by atoms with van der Waals surface area (Å²) in [6.07, 6.45) is 1.09. The summed E-state index contributed by atoms with van der Waals surface area (Å²) < 4.78 is 25.7.